The maximum atomic E-state index is 12.4. The monoisotopic (exact) mass is 356 g/mol. The molecule has 7 heteroatoms. The first kappa shape index (κ1) is 19.0. The largest absolute Gasteiger partial charge is 0.497 e. The molecule has 0 aliphatic carbocycles. The molecule has 0 aliphatic heterocycles. The molecule has 0 saturated heterocycles. The van der Waals surface area contributed by atoms with E-state index in [1.165, 1.54) is 33.1 Å². The van der Waals surface area contributed by atoms with Crippen molar-refractivity contribution in [3.05, 3.63) is 53.6 Å². The Labute approximate surface area is 151 Å². The molecule has 1 atom stereocenters. The molecule has 2 amide bonds. The highest BCUT2D eigenvalue weighted by Gasteiger charge is 2.19. The summed E-state index contributed by atoms with van der Waals surface area (Å²) in [6.07, 6.45) is -0.916. The smallest absolute Gasteiger partial charge is 0.265 e. The quantitative estimate of drug-likeness (QED) is 0.741. The fourth-order valence-electron chi connectivity index (χ4n) is 2.23. The number of anilines is 1. The van der Waals surface area contributed by atoms with Gasteiger partial charge in [0.05, 0.1) is 12.7 Å². The molecule has 2 aromatic rings. The third kappa shape index (κ3) is 4.60. The topological polar surface area (TPSA) is 108 Å². The van der Waals surface area contributed by atoms with Gasteiger partial charge in [0.15, 0.2) is 11.9 Å². The number of carbonyl (C=O) groups is 3. The molecule has 7 nitrogen and oxygen atoms in total. The van der Waals surface area contributed by atoms with Crippen LogP contribution in [0.5, 0.6) is 11.5 Å². The summed E-state index contributed by atoms with van der Waals surface area (Å²) in [5.74, 6) is -0.606. The van der Waals surface area contributed by atoms with Crippen LogP contribution in [0.3, 0.4) is 0 Å². The molecule has 0 bridgehead atoms. The SMILES string of the molecule is COc1ccc(C(N)=O)c(OC(C)C(=O)Nc2cccc(C(C)=O)c2)c1. The number of nitrogens with two attached hydrogens (primary N) is 1. The van der Waals surface area contributed by atoms with Crippen LogP contribution in [0.25, 0.3) is 0 Å². The Morgan fingerprint density at radius 3 is 2.46 bits per heavy atom. The van der Waals surface area contributed by atoms with Crippen LogP contribution in [0.4, 0.5) is 5.69 Å². The molecule has 0 fully saturated rings. The Bertz CT molecular complexity index is 848. The minimum Gasteiger partial charge on any atom is -0.497 e. The fraction of sp³-hybridized carbons (Fsp3) is 0.211. The Morgan fingerprint density at radius 2 is 1.85 bits per heavy atom. The van der Waals surface area contributed by atoms with Crippen molar-refractivity contribution in [1.29, 1.82) is 0 Å². The van der Waals surface area contributed by atoms with E-state index in [1.54, 1.807) is 30.3 Å². The highest BCUT2D eigenvalue weighted by molar-refractivity contribution is 5.99. The Balaban J connectivity index is 2.15. The van der Waals surface area contributed by atoms with E-state index in [0.717, 1.165) is 0 Å². The number of Topliss-reactive ketones (excluding diaryl/α,β-unsaturated/α-hetero) is 1. The number of methoxy groups -OCH3 is 1. The minimum absolute atomic E-state index is 0.104. The van der Waals surface area contributed by atoms with Gasteiger partial charge in [-0.05, 0) is 38.1 Å². The second-order valence-corrected chi connectivity index (χ2v) is 5.61. The number of ketones is 1. The van der Waals surface area contributed by atoms with E-state index in [-0.39, 0.29) is 17.1 Å². The molecule has 0 aliphatic rings. The summed E-state index contributed by atoms with van der Waals surface area (Å²) in [7, 11) is 1.47. The number of ether oxygens (including phenoxy) is 2. The van der Waals surface area contributed by atoms with Gasteiger partial charge in [-0.15, -0.1) is 0 Å². The fourth-order valence-corrected chi connectivity index (χ4v) is 2.23. The van der Waals surface area contributed by atoms with E-state index in [0.29, 0.717) is 17.0 Å². The third-order valence-electron chi connectivity index (χ3n) is 3.66. The summed E-state index contributed by atoms with van der Waals surface area (Å²) in [6, 6.07) is 11.1. The van der Waals surface area contributed by atoms with Gasteiger partial charge in [-0.1, -0.05) is 12.1 Å². The van der Waals surface area contributed by atoms with Crippen LogP contribution in [0.2, 0.25) is 0 Å². The van der Waals surface area contributed by atoms with Crippen LogP contribution in [-0.4, -0.2) is 30.8 Å². The number of hydrogen-bond acceptors (Lipinski definition) is 5. The van der Waals surface area contributed by atoms with Crippen molar-refractivity contribution in [2.45, 2.75) is 20.0 Å². The van der Waals surface area contributed by atoms with Gasteiger partial charge in [0, 0.05) is 17.3 Å². The summed E-state index contributed by atoms with van der Waals surface area (Å²) in [5.41, 5.74) is 6.43. The molecule has 0 heterocycles. The number of rotatable bonds is 7. The minimum atomic E-state index is -0.916. The lowest BCUT2D eigenvalue weighted by Gasteiger charge is -2.17. The first-order valence-corrected chi connectivity index (χ1v) is 7.88. The number of carbonyl (C=O) groups excluding carboxylic acids is 3. The van der Waals surface area contributed by atoms with E-state index in [4.69, 9.17) is 15.2 Å². The van der Waals surface area contributed by atoms with Gasteiger partial charge in [0.2, 0.25) is 0 Å². The molecular weight excluding hydrogens is 336 g/mol. The molecule has 3 N–H and O–H groups in total. The van der Waals surface area contributed by atoms with Gasteiger partial charge in [-0.2, -0.15) is 0 Å². The molecule has 0 spiro atoms. The lowest BCUT2D eigenvalue weighted by Crippen LogP contribution is -2.31. The Hall–Kier alpha value is -3.35. The Morgan fingerprint density at radius 1 is 1.12 bits per heavy atom. The van der Waals surface area contributed by atoms with Gasteiger partial charge >= 0.3 is 0 Å². The van der Waals surface area contributed by atoms with Crippen LogP contribution in [0, 0.1) is 0 Å². The summed E-state index contributed by atoms with van der Waals surface area (Å²) >= 11 is 0. The van der Waals surface area contributed by atoms with E-state index in [2.05, 4.69) is 5.32 Å². The molecule has 2 rings (SSSR count). The molecule has 26 heavy (non-hydrogen) atoms. The maximum Gasteiger partial charge on any atom is 0.265 e. The van der Waals surface area contributed by atoms with Crippen LogP contribution < -0.4 is 20.5 Å². The number of amides is 2. The van der Waals surface area contributed by atoms with Crippen LogP contribution in [0.15, 0.2) is 42.5 Å². The summed E-state index contributed by atoms with van der Waals surface area (Å²) < 4.78 is 10.7. The predicted octanol–water partition coefficient (Wildman–Crippen LogP) is 2.40. The lowest BCUT2D eigenvalue weighted by molar-refractivity contribution is -0.122. The lowest BCUT2D eigenvalue weighted by atomic mass is 10.1. The first-order valence-electron chi connectivity index (χ1n) is 7.88. The zero-order chi connectivity index (χ0) is 19.3. The van der Waals surface area contributed by atoms with Crippen LogP contribution in [-0.2, 0) is 4.79 Å². The Kier molecular flexibility index (Phi) is 5.95. The van der Waals surface area contributed by atoms with Crippen molar-refractivity contribution in [3.8, 4) is 11.5 Å². The van der Waals surface area contributed by atoms with E-state index in [1.807, 2.05) is 0 Å². The number of nitrogens with one attached hydrogen (secondary N) is 1. The van der Waals surface area contributed by atoms with Crippen LogP contribution >= 0.6 is 0 Å². The van der Waals surface area contributed by atoms with E-state index in [9.17, 15) is 14.4 Å². The van der Waals surface area contributed by atoms with Crippen molar-refractivity contribution in [1.82, 2.24) is 0 Å². The zero-order valence-corrected chi connectivity index (χ0v) is 14.7. The van der Waals surface area contributed by atoms with Crippen LogP contribution in [0.1, 0.15) is 34.6 Å². The molecule has 2 aromatic carbocycles. The van der Waals surface area contributed by atoms with Gasteiger partial charge in [-0.3, -0.25) is 14.4 Å². The van der Waals surface area contributed by atoms with Gasteiger partial charge in [0.1, 0.15) is 11.5 Å². The third-order valence-corrected chi connectivity index (χ3v) is 3.66. The second-order valence-electron chi connectivity index (χ2n) is 5.61. The maximum absolute atomic E-state index is 12.4. The standard InChI is InChI=1S/C19H20N2O5/c1-11(22)13-5-4-6-14(9-13)21-19(24)12(2)26-17-10-15(25-3)7-8-16(17)18(20)23/h4-10,12H,1-3H3,(H2,20,23)(H,21,24). The normalized spacial score (nSPS) is 11.3. The number of benzene rings is 2. The molecule has 1 unspecified atom stereocenters. The van der Waals surface area contributed by atoms with Gasteiger partial charge < -0.3 is 20.5 Å². The van der Waals surface area contributed by atoms with Crippen molar-refractivity contribution in [3.63, 3.8) is 0 Å². The summed E-state index contributed by atoms with van der Waals surface area (Å²) in [4.78, 5) is 35.3. The van der Waals surface area contributed by atoms with Gasteiger partial charge in [-0.25, -0.2) is 0 Å². The first-order chi connectivity index (χ1) is 12.3. The zero-order valence-electron chi connectivity index (χ0n) is 14.7. The van der Waals surface area contributed by atoms with Crippen molar-refractivity contribution in [2.75, 3.05) is 12.4 Å². The molecule has 136 valence electrons. The van der Waals surface area contributed by atoms with Crippen molar-refractivity contribution in [2.24, 2.45) is 5.73 Å². The molecule has 0 saturated carbocycles. The van der Waals surface area contributed by atoms with E-state index >= 15 is 0 Å². The van der Waals surface area contributed by atoms with Gasteiger partial charge in [0.25, 0.3) is 11.8 Å². The number of primary amides is 1. The van der Waals surface area contributed by atoms with Crippen molar-refractivity contribution >= 4 is 23.3 Å². The highest BCUT2D eigenvalue weighted by Crippen LogP contribution is 2.25. The predicted molar refractivity (Wildman–Crippen MR) is 96.7 cm³/mol. The average Bonchev–Trinajstić information content (AvgIpc) is 2.61. The number of hydrogen-bond donors (Lipinski definition) is 2. The molecular formula is C19H20N2O5. The second kappa shape index (κ2) is 8.15. The average molecular weight is 356 g/mol. The summed E-state index contributed by atoms with van der Waals surface area (Å²) in [6.45, 7) is 2.98. The van der Waals surface area contributed by atoms with Crippen molar-refractivity contribution < 1.29 is 23.9 Å². The van der Waals surface area contributed by atoms with E-state index < -0.39 is 17.9 Å². The molecule has 0 radical (unpaired) electrons. The highest BCUT2D eigenvalue weighted by atomic mass is 16.5. The molecule has 0 aromatic heterocycles. The summed E-state index contributed by atoms with van der Waals surface area (Å²) in [5, 5.41) is 2.67.